The topological polar surface area (TPSA) is 12.4 Å². The smallest absolute Gasteiger partial charge is 0.0782 e. The summed E-state index contributed by atoms with van der Waals surface area (Å²) in [4.78, 5) is 5.09. The minimum absolute atomic E-state index is 0.938. The van der Waals surface area contributed by atoms with Crippen LogP contribution in [0.2, 0.25) is 0 Å². The fourth-order valence-corrected chi connectivity index (χ4v) is 3.25. The Labute approximate surface area is 166 Å². The van der Waals surface area contributed by atoms with Crippen molar-refractivity contribution in [2.24, 2.45) is 4.99 Å². The van der Waals surface area contributed by atoms with Crippen LogP contribution < -0.4 is 0 Å². The van der Waals surface area contributed by atoms with Crippen LogP contribution in [0.5, 0.6) is 0 Å². The zero-order valence-corrected chi connectivity index (χ0v) is 15.6. The molecule has 0 saturated carbocycles. The molecule has 0 aliphatic heterocycles. The summed E-state index contributed by atoms with van der Waals surface area (Å²) in [6.45, 7) is 3.77. The maximum absolute atomic E-state index is 5.09. The van der Waals surface area contributed by atoms with Gasteiger partial charge in [0.15, 0.2) is 0 Å². The molecule has 0 aromatic heterocycles. The minimum atomic E-state index is 0.938. The molecule has 0 saturated heterocycles. The molecule has 0 aliphatic rings. The van der Waals surface area contributed by atoms with Crippen LogP contribution in [0.1, 0.15) is 16.7 Å². The second-order valence-corrected chi connectivity index (χ2v) is 6.54. The van der Waals surface area contributed by atoms with Crippen molar-refractivity contribution in [2.45, 2.75) is 0 Å². The number of benzene rings is 4. The van der Waals surface area contributed by atoms with E-state index in [0.717, 1.165) is 28.1 Å². The van der Waals surface area contributed by atoms with E-state index in [1.54, 1.807) is 6.08 Å². The number of para-hydroxylation sites is 1. The predicted molar refractivity (Wildman–Crippen MR) is 121 cm³/mol. The van der Waals surface area contributed by atoms with Crippen molar-refractivity contribution in [3.63, 3.8) is 0 Å². The standard InChI is InChI=1S/C27H21N/c1-2-3-11-22-13-9-10-17-26(22)28-27(23-14-5-4-6-15-23)25-19-18-21-12-7-8-16-24(21)20-25/h2-20H,1H2/b11-3-,28-27?. The molecule has 4 aromatic rings. The highest BCUT2D eigenvalue weighted by atomic mass is 14.8. The first kappa shape index (κ1) is 17.7. The number of nitrogens with zero attached hydrogens (tertiary/aromatic N) is 1. The molecule has 4 rings (SSSR count). The summed E-state index contributed by atoms with van der Waals surface area (Å²) in [6.07, 6.45) is 5.75. The van der Waals surface area contributed by atoms with Gasteiger partial charge in [-0.15, -0.1) is 0 Å². The van der Waals surface area contributed by atoms with Crippen molar-refractivity contribution in [3.05, 3.63) is 132 Å². The van der Waals surface area contributed by atoms with Gasteiger partial charge in [-0.25, -0.2) is 4.99 Å². The normalized spacial score (nSPS) is 11.8. The number of aliphatic imine (C=N–C) groups is 1. The number of hydrogen-bond acceptors (Lipinski definition) is 1. The zero-order chi connectivity index (χ0) is 19.2. The lowest BCUT2D eigenvalue weighted by atomic mass is 9.98. The Hall–Kier alpha value is -3.71. The quantitative estimate of drug-likeness (QED) is 0.264. The first-order valence-corrected chi connectivity index (χ1v) is 9.36. The van der Waals surface area contributed by atoms with Crippen LogP contribution in [0, 0.1) is 0 Å². The van der Waals surface area contributed by atoms with Gasteiger partial charge < -0.3 is 0 Å². The summed E-state index contributed by atoms with van der Waals surface area (Å²) < 4.78 is 0. The average molecular weight is 359 g/mol. The van der Waals surface area contributed by atoms with Crippen molar-refractivity contribution in [1.82, 2.24) is 0 Å². The molecule has 0 amide bonds. The Morgan fingerprint density at radius 3 is 2.21 bits per heavy atom. The van der Waals surface area contributed by atoms with Gasteiger partial charge in [-0.3, -0.25) is 0 Å². The molecular formula is C27H21N. The largest absolute Gasteiger partial charge is 0.247 e. The van der Waals surface area contributed by atoms with E-state index in [2.05, 4.69) is 79.4 Å². The highest BCUT2D eigenvalue weighted by molar-refractivity contribution is 6.15. The third kappa shape index (κ3) is 3.84. The van der Waals surface area contributed by atoms with Crippen LogP contribution in [0.4, 0.5) is 5.69 Å². The van der Waals surface area contributed by atoms with Gasteiger partial charge in [0.1, 0.15) is 0 Å². The Bertz CT molecular complexity index is 1170. The predicted octanol–water partition coefficient (Wildman–Crippen LogP) is 7.21. The maximum atomic E-state index is 5.09. The second kappa shape index (κ2) is 8.32. The number of hydrogen-bond donors (Lipinski definition) is 0. The summed E-state index contributed by atoms with van der Waals surface area (Å²) in [6, 6.07) is 33.4. The Morgan fingerprint density at radius 2 is 1.39 bits per heavy atom. The lowest BCUT2D eigenvalue weighted by Crippen LogP contribution is -2.03. The SMILES string of the molecule is C=C/C=C\c1ccccc1N=C(c1ccccc1)c1ccc2ccccc2c1. The fourth-order valence-electron chi connectivity index (χ4n) is 3.25. The molecule has 4 aromatic carbocycles. The summed E-state index contributed by atoms with van der Waals surface area (Å²) in [5.74, 6) is 0. The Morgan fingerprint density at radius 1 is 0.679 bits per heavy atom. The van der Waals surface area contributed by atoms with Gasteiger partial charge in [0, 0.05) is 16.7 Å². The van der Waals surface area contributed by atoms with Gasteiger partial charge in [-0.2, -0.15) is 0 Å². The molecule has 0 aliphatic carbocycles. The van der Waals surface area contributed by atoms with Gasteiger partial charge >= 0.3 is 0 Å². The molecule has 0 spiro atoms. The molecule has 0 N–H and O–H groups in total. The zero-order valence-electron chi connectivity index (χ0n) is 15.6. The van der Waals surface area contributed by atoms with Crippen LogP contribution in [-0.2, 0) is 0 Å². The van der Waals surface area contributed by atoms with E-state index in [1.165, 1.54) is 10.8 Å². The summed E-state index contributed by atoms with van der Waals surface area (Å²) in [5.41, 5.74) is 5.17. The van der Waals surface area contributed by atoms with Crippen LogP contribution in [0.25, 0.3) is 16.8 Å². The third-order valence-corrected chi connectivity index (χ3v) is 4.65. The highest BCUT2D eigenvalue weighted by Crippen LogP contribution is 2.25. The molecule has 1 nitrogen and oxygen atoms in total. The van der Waals surface area contributed by atoms with Gasteiger partial charge in [0.2, 0.25) is 0 Å². The first-order chi connectivity index (χ1) is 13.8. The van der Waals surface area contributed by atoms with E-state index in [4.69, 9.17) is 4.99 Å². The lowest BCUT2D eigenvalue weighted by Gasteiger charge is -2.10. The Balaban J connectivity index is 1.91. The summed E-state index contributed by atoms with van der Waals surface area (Å²) in [5, 5.41) is 2.44. The van der Waals surface area contributed by atoms with Crippen LogP contribution >= 0.6 is 0 Å². The second-order valence-electron chi connectivity index (χ2n) is 6.54. The van der Waals surface area contributed by atoms with Gasteiger partial charge in [-0.05, 0) is 22.9 Å². The van der Waals surface area contributed by atoms with Crippen molar-refractivity contribution in [1.29, 1.82) is 0 Å². The summed E-state index contributed by atoms with van der Waals surface area (Å²) in [7, 11) is 0. The van der Waals surface area contributed by atoms with E-state index >= 15 is 0 Å². The van der Waals surface area contributed by atoms with Crippen molar-refractivity contribution >= 4 is 28.2 Å². The average Bonchev–Trinajstić information content (AvgIpc) is 2.77. The monoisotopic (exact) mass is 359 g/mol. The molecule has 0 heterocycles. The Kier molecular flexibility index (Phi) is 5.26. The minimum Gasteiger partial charge on any atom is -0.247 e. The number of rotatable bonds is 5. The van der Waals surface area contributed by atoms with Gasteiger partial charge in [0.25, 0.3) is 0 Å². The van der Waals surface area contributed by atoms with Crippen molar-refractivity contribution in [3.8, 4) is 0 Å². The molecule has 0 atom stereocenters. The third-order valence-electron chi connectivity index (χ3n) is 4.65. The van der Waals surface area contributed by atoms with Crippen molar-refractivity contribution in [2.75, 3.05) is 0 Å². The van der Waals surface area contributed by atoms with Crippen LogP contribution in [-0.4, -0.2) is 5.71 Å². The van der Waals surface area contributed by atoms with E-state index < -0.39 is 0 Å². The van der Waals surface area contributed by atoms with E-state index in [0.29, 0.717) is 0 Å². The van der Waals surface area contributed by atoms with E-state index in [1.807, 2.05) is 36.4 Å². The van der Waals surface area contributed by atoms with Crippen molar-refractivity contribution < 1.29 is 0 Å². The molecule has 0 radical (unpaired) electrons. The number of allylic oxidation sites excluding steroid dienone is 2. The first-order valence-electron chi connectivity index (χ1n) is 9.36. The molecule has 0 unspecified atom stereocenters. The number of fused-ring (bicyclic) bond motifs is 1. The molecule has 0 fully saturated rings. The molecule has 28 heavy (non-hydrogen) atoms. The molecule has 1 heteroatoms. The molecular weight excluding hydrogens is 338 g/mol. The molecule has 0 bridgehead atoms. The van der Waals surface area contributed by atoms with E-state index in [-0.39, 0.29) is 0 Å². The highest BCUT2D eigenvalue weighted by Gasteiger charge is 2.09. The van der Waals surface area contributed by atoms with Crippen LogP contribution in [0.3, 0.4) is 0 Å². The van der Waals surface area contributed by atoms with Crippen LogP contribution in [0.15, 0.2) is 121 Å². The molecule has 134 valence electrons. The summed E-state index contributed by atoms with van der Waals surface area (Å²) >= 11 is 0. The van der Waals surface area contributed by atoms with E-state index in [9.17, 15) is 0 Å². The van der Waals surface area contributed by atoms with Gasteiger partial charge in [0.05, 0.1) is 11.4 Å². The lowest BCUT2D eigenvalue weighted by molar-refractivity contribution is 1.46. The fraction of sp³-hybridized carbons (Fsp3) is 0. The maximum Gasteiger partial charge on any atom is 0.0782 e. The van der Waals surface area contributed by atoms with Gasteiger partial charge in [-0.1, -0.05) is 110 Å².